The van der Waals surface area contributed by atoms with Crippen molar-refractivity contribution in [2.24, 2.45) is 29.6 Å². The molecule has 3 saturated carbocycles. The van der Waals surface area contributed by atoms with E-state index in [0.717, 1.165) is 64.5 Å². The zero-order chi connectivity index (χ0) is 25.7. The molecule has 2 N–H and O–H groups in total. The fourth-order valence-electron chi connectivity index (χ4n) is 8.66. The molecule has 7 fully saturated rings. The quantitative estimate of drug-likeness (QED) is 0.437. The van der Waals surface area contributed by atoms with Crippen LogP contribution < -0.4 is 11.0 Å². The molecule has 7 rings (SSSR count). The van der Waals surface area contributed by atoms with Crippen LogP contribution in [-0.4, -0.2) is 73.1 Å². The Morgan fingerprint density at radius 2 is 1.81 bits per heavy atom. The molecular weight excluding hydrogens is 512 g/mol. The second-order valence-electron chi connectivity index (χ2n) is 13.0. The molecule has 4 aliphatic heterocycles. The van der Waals surface area contributed by atoms with E-state index in [1.807, 2.05) is 0 Å². The SMILES string of the molecule is CC1C2CCC3C1NNN3CCCCOC1CCC3OS(=O)(=O)N(CC3C1)[C@H](C)C1CC(CCC1Cl)C2. The van der Waals surface area contributed by atoms with Gasteiger partial charge in [-0.25, -0.2) is 10.4 Å². The first kappa shape index (κ1) is 27.2. The Morgan fingerprint density at radius 1 is 0.946 bits per heavy atom. The molecule has 9 bridgehead atoms. The van der Waals surface area contributed by atoms with E-state index in [-0.39, 0.29) is 35.5 Å². The van der Waals surface area contributed by atoms with Crippen LogP contribution in [0.5, 0.6) is 0 Å². The maximum atomic E-state index is 13.3. The van der Waals surface area contributed by atoms with Gasteiger partial charge in [0.05, 0.1) is 12.2 Å². The summed E-state index contributed by atoms with van der Waals surface area (Å²) in [5.74, 6) is 2.27. The molecule has 37 heavy (non-hydrogen) atoms. The van der Waals surface area contributed by atoms with Gasteiger partial charge in [-0.15, -0.1) is 11.6 Å². The van der Waals surface area contributed by atoms with E-state index in [2.05, 4.69) is 29.8 Å². The van der Waals surface area contributed by atoms with E-state index in [9.17, 15) is 8.42 Å². The number of hydrogen-bond acceptors (Lipinski definition) is 7. The van der Waals surface area contributed by atoms with Crippen LogP contribution in [0.1, 0.15) is 84.5 Å². The van der Waals surface area contributed by atoms with Crippen molar-refractivity contribution >= 4 is 21.9 Å². The topological polar surface area (TPSA) is 83.1 Å². The van der Waals surface area contributed by atoms with Gasteiger partial charge in [-0.3, -0.25) is 4.18 Å². The van der Waals surface area contributed by atoms with Gasteiger partial charge in [-0.05, 0) is 101 Å². The van der Waals surface area contributed by atoms with Crippen molar-refractivity contribution in [2.75, 3.05) is 19.7 Å². The van der Waals surface area contributed by atoms with Gasteiger partial charge >= 0.3 is 10.3 Å². The maximum Gasteiger partial charge on any atom is 0.338 e. The minimum atomic E-state index is -3.75. The summed E-state index contributed by atoms with van der Waals surface area (Å²) in [5.41, 5.74) is 7.14. The number of hydrogen-bond donors (Lipinski definition) is 2. The lowest BCUT2D eigenvalue weighted by Gasteiger charge is -2.47. The van der Waals surface area contributed by atoms with Gasteiger partial charge in [0.15, 0.2) is 0 Å². The fourth-order valence-corrected chi connectivity index (χ4v) is 10.7. The van der Waals surface area contributed by atoms with Crippen molar-refractivity contribution in [3.8, 4) is 0 Å². The van der Waals surface area contributed by atoms with E-state index in [1.165, 1.54) is 19.3 Å². The smallest absolute Gasteiger partial charge is 0.338 e. The van der Waals surface area contributed by atoms with E-state index >= 15 is 0 Å². The van der Waals surface area contributed by atoms with Crippen LogP contribution in [-0.2, 0) is 19.2 Å². The van der Waals surface area contributed by atoms with Crippen LogP contribution in [0, 0.1) is 29.6 Å². The van der Waals surface area contributed by atoms with Gasteiger partial charge in [0.1, 0.15) is 0 Å². The minimum Gasteiger partial charge on any atom is -0.378 e. The van der Waals surface area contributed by atoms with Crippen LogP contribution in [0.3, 0.4) is 0 Å². The van der Waals surface area contributed by atoms with Crippen molar-refractivity contribution in [3.63, 3.8) is 0 Å². The molecule has 7 aliphatic rings. The average molecular weight is 559 g/mol. The molecule has 12 unspecified atom stereocenters. The first-order valence-corrected chi connectivity index (χ1v) is 16.8. The fraction of sp³-hybridized carbons (Fsp3) is 1.00. The lowest BCUT2D eigenvalue weighted by atomic mass is 9.67. The molecule has 0 spiro atoms. The molecule has 3 aliphatic carbocycles. The van der Waals surface area contributed by atoms with Crippen molar-refractivity contribution in [1.82, 2.24) is 20.3 Å². The number of nitrogens with one attached hydrogen (secondary N) is 2. The Bertz CT molecular complexity index is 911. The number of alkyl halides is 1. The summed E-state index contributed by atoms with van der Waals surface area (Å²) >= 11 is 6.93. The highest BCUT2D eigenvalue weighted by Gasteiger charge is 2.49. The maximum absolute atomic E-state index is 13.3. The minimum absolute atomic E-state index is 0.0156. The predicted octanol–water partition coefficient (Wildman–Crippen LogP) is 3.82. The van der Waals surface area contributed by atoms with Gasteiger partial charge in [-0.2, -0.15) is 18.3 Å². The summed E-state index contributed by atoms with van der Waals surface area (Å²) in [6.07, 6.45) is 11.5. The monoisotopic (exact) mass is 558 g/mol. The molecule has 212 valence electrons. The summed E-state index contributed by atoms with van der Waals surface area (Å²) in [4.78, 5) is 0. The highest BCUT2D eigenvalue weighted by molar-refractivity contribution is 7.84. The molecule has 0 aromatic rings. The molecule has 4 heterocycles. The van der Waals surface area contributed by atoms with Gasteiger partial charge in [0.2, 0.25) is 0 Å². The lowest BCUT2D eigenvalue weighted by Crippen LogP contribution is -2.56. The van der Waals surface area contributed by atoms with Crippen molar-refractivity contribution in [2.45, 2.75) is 120 Å². The van der Waals surface area contributed by atoms with Crippen molar-refractivity contribution in [1.29, 1.82) is 0 Å². The molecule has 0 aromatic carbocycles. The van der Waals surface area contributed by atoms with Gasteiger partial charge in [0, 0.05) is 49.1 Å². The summed E-state index contributed by atoms with van der Waals surface area (Å²) in [7, 11) is -3.75. The molecule has 4 saturated heterocycles. The van der Waals surface area contributed by atoms with Gasteiger partial charge < -0.3 is 4.74 Å². The number of rotatable bonds is 0. The standard InChI is InChI=1S/C27H47ClN4O4S/c1-17-20-6-9-25-27(17)29-30-31(25)11-3-4-12-35-22-7-10-26-21(15-22)16-32(37(33,34)36-26)18(2)23-14-19(13-20)5-8-24(23)28/h17-27,29-30H,3-16H2,1-2H3/t17?,18-,19?,20?,21?,22?,23?,24?,25?,26?,27?/m1/s1. The average Bonchev–Trinajstić information content (AvgIpc) is 3.28. The second kappa shape index (κ2) is 11.1. The highest BCUT2D eigenvalue weighted by atomic mass is 35.5. The third kappa shape index (κ3) is 5.50. The Labute approximate surface area is 228 Å². The predicted molar refractivity (Wildman–Crippen MR) is 144 cm³/mol. The Kier molecular flexibility index (Phi) is 8.16. The van der Waals surface area contributed by atoms with Crippen LogP contribution in [0.2, 0.25) is 0 Å². The van der Waals surface area contributed by atoms with Gasteiger partial charge in [-0.1, -0.05) is 6.92 Å². The Morgan fingerprint density at radius 3 is 2.68 bits per heavy atom. The summed E-state index contributed by atoms with van der Waals surface area (Å²) in [5, 5.41) is 2.47. The number of fused-ring (bicyclic) bond motifs is 5. The van der Waals surface area contributed by atoms with Crippen LogP contribution in [0.15, 0.2) is 0 Å². The third-order valence-electron chi connectivity index (χ3n) is 10.9. The van der Waals surface area contributed by atoms with E-state index in [0.29, 0.717) is 36.4 Å². The lowest BCUT2D eigenvalue weighted by molar-refractivity contribution is -0.0483. The summed E-state index contributed by atoms with van der Waals surface area (Å²) in [6.45, 7) is 6.85. The number of nitrogens with zero attached hydrogens (tertiary/aromatic N) is 2. The Hall–Kier alpha value is -0.0000000000000000555. The Balaban J connectivity index is 1.23. The molecule has 0 radical (unpaired) electrons. The first-order valence-electron chi connectivity index (χ1n) is 15.0. The zero-order valence-corrected chi connectivity index (χ0v) is 24.1. The number of halogens is 1. The molecular formula is C27H47ClN4O4S. The number of hydrazine groups is 2. The first-order chi connectivity index (χ1) is 17.8. The molecule has 0 aromatic heterocycles. The van der Waals surface area contributed by atoms with E-state index in [1.54, 1.807) is 4.31 Å². The van der Waals surface area contributed by atoms with Crippen LogP contribution >= 0.6 is 11.6 Å². The van der Waals surface area contributed by atoms with Crippen LogP contribution in [0.4, 0.5) is 0 Å². The third-order valence-corrected chi connectivity index (χ3v) is 13.0. The number of ether oxygens (including phenoxy) is 1. The largest absolute Gasteiger partial charge is 0.378 e. The molecule has 0 amide bonds. The summed E-state index contributed by atoms with van der Waals surface area (Å²) < 4.78 is 40.4. The molecule has 10 heteroatoms. The highest BCUT2D eigenvalue weighted by Crippen LogP contribution is 2.45. The van der Waals surface area contributed by atoms with Crippen LogP contribution in [0.25, 0.3) is 0 Å². The molecule has 8 nitrogen and oxygen atoms in total. The second-order valence-corrected chi connectivity index (χ2v) is 15.1. The van der Waals surface area contributed by atoms with E-state index in [4.69, 9.17) is 20.5 Å². The normalized spacial score (nSPS) is 52.6. The molecule has 13 atom stereocenters. The van der Waals surface area contributed by atoms with Crippen molar-refractivity contribution in [3.05, 3.63) is 0 Å². The summed E-state index contributed by atoms with van der Waals surface area (Å²) in [6, 6.07) is 0.907. The van der Waals surface area contributed by atoms with Gasteiger partial charge in [0.25, 0.3) is 0 Å². The zero-order valence-electron chi connectivity index (χ0n) is 22.6. The van der Waals surface area contributed by atoms with E-state index < -0.39 is 10.3 Å². The van der Waals surface area contributed by atoms with Crippen molar-refractivity contribution < 1.29 is 17.3 Å².